The zero-order valence-corrected chi connectivity index (χ0v) is 34.2. The molecule has 5 atom stereocenters. The van der Waals surface area contributed by atoms with E-state index in [9.17, 15) is 14.9 Å². The molecule has 3 aromatic carbocycles. The van der Waals surface area contributed by atoms with Crippen molar-refractivity contribution in [3.8, 4) is 17.6 Å². The van der Waals surface area contributed by atoms with Gasteiger partial charge in [-0.1, -0.05) is 54.6 Å². The second kappa shape index (κ2) is 18.3. The molecule has 1 N–H and O–H groups in total. The Hall–Kier alpha value is -4.71. The minimum absolute atomic E-state index is 0.0195. The molecular weight excluding hydrogens is 749 g/mol. The van der Waals surface area contributed by atoms with E-state index in [-0.39, 0.29) is 50.1 Å². The number of amides is 1. The topological polar surface area (TPSA) is 156 Å². The van der Waals surface area contributed by atoms with E-state index >= 15 is 0 Å². The Labute approximate surface area is 334 Å². The maximum atomic E-state index is 13.6. The third-order valence-corrected chi connectivity index (χ3v) is 12.1. The van der Waals surface area contributed by atoms with Crippen LogP contribution >= 0.6 is 8.53 Å². The van der Waals surface area contributed by atoms with Gasteiger partial charge in [0.05, 0.1) is 46.5 Å². The molecule has 1 amide bonds. The van der Waals surface area contributed by atoms with Crippen LogP contribution in [-0.2, 0) is 33.7 Å². The summed E-state index contributed by atoms with van der Waals surface area (Å²) in [6.07, 6.45) is -0.884. The molecule has 15 heteroatoms. The predicted molar refractivity (Wildman–Crippen MR) is 214 cm³/mol. The molecule has 0 saturated carbocycles. The van der Waals surface area contributed by atoms with E-state index in [0.29, 0.717) is 11.5 Å². The highest BCUT2D eigenvalue weighted by atomic mass is 31.2. The fraction of sp³-hybridized carbons (Fsp3) is 0.429. The first-order chi connectivity index (χ1) is 27.5. The molecule has 1 unspecified atom stereocenters. The molecule has 1 aromatic heterocycles. The quantitative estimate of drug-likeness (QED) is 0.0659. The van der Waals surface area contributed by atoms with Gasteiger partial charge in [-0.05, 0) is 74.7 Å². The van der Waals surface area contributed by atoms with Crippen molar-refractivity contribution < 1.29 is 37.5 Å². The molecule has 4 aromatic rings. The van der Waals surface area contributed by atoms with Gasteiger partial charge in [-0.3, -0.25) is 9.36 Å². The lowest BCUT2D eigenvalue weighted by Gasteiger charge is -2.41. The van der Waals surface area contributed by atoms with Crippen LogP contribution < -0.4 is 20.5 Å². The first kappa shape index (κ1) is 41.9. The van der Waals surface area contributed by atoms with Gasteiger partial charge in [-0.15, -0.1) is 0 Å². The number of methoxy groups -OCH3 is 2. The van der Waals surface area contributed by atoms with E-state index in [1.165, 1.54) is 23.8 Å². The third kappa shape index (κ3) is 8.76. The van der Waals surface area contributed by atoms with E-state index in [4.69, 9.17) is 32.7 Å². The number of aromatic nitrogens is 2. The highest BCUT2D eigenvalue weighted by molar-refractivity contribution is 7.44. The summed E-state index contributed by atoms with van der Waals surface area (Å²) in [5, 5.41) is 11.9. The molecule has 2 fully saturated rings. The van der Waals surface area contributed by atoms with Crippen LogP contribution in [0.15, 0.2) is 95.9 Å². The van der Waals surface area contributed by atoms with E-state index in [2.05, 4.69) is 48.7 Å². The van der Waals surface area contributed by atoms with E-state index in [1.807, 2.05) is 78.9 Å². The van der Waals surface area contributed by atoms with Crippen molar-refractivity contribution >= 4 is 20.3 Å². The molecule has 3 heterocycles. The second-order valence-electron chi connectivity index (χ2n) is 14.4. The monoisotopic (exact) mass is 799 g/mol. The Morgan fingerprint density at radius 2 is 1.58 bits per heavy atom. The van der Waals surface area contributed by atoms with Crippen LogP contribution in [0.2, 0.25) is 0 Å². The maximum Gasteiger partial charge on any atom is 0.351 e. The van der Waals surface area contributed by atoms with Crippen LogP contribution in [0.3, 0.4) is 0 Å². The summed E-state index contributed by atoms with van der Waals surface area (Å²) in [4.78, 5) is 29.4. The third-order valence-electron chi connectivity index (χ3n) is 9.95. The number of anilines is 1. The molecular formula is C42H50N5O9P. The van der Waals surface area contributed by atoms with Crippen molar-refractivity contribution in [3.63, 3.8) is 0 Å². The number of rotatable bonds is 18. The lowest BCUT2D eigenvalue weighted by atomic mass is 9.79. The number of hydrogen-bond acceptors (Lipinski definition) is 12. The van der Waals surface area contributed by atoms with Crippen molar-refractivity contribution in [2.75, 3.05) is 39.4 Å². The van der Waals surface area contributed by atoms with Gasteiger partial charge in [0.15, 0.2) is 6.23 Å². The number of fused-ring (bicyclic) bond motifs is 2. The van der Waals surface area contributed by atoms with Gasteiger partial charge in [0, 0.05) is 25.2 Å². The standard InChI is InChI=1S/C42H50N5O9P/c1-28(2)47(29(3)4)57(54-25-11-23-43)56-38-37-39(46-24-22-36(44-30(5)48)45-40(46)49)55-41(38,26-52-37)27-53-42(31-12-9-8-10-13-31,32-14-18-34(50-6)19-15-32)33-16-20-35(51-7)21-17-33/h8-10,12-22,24,28-29,37-39H,11,25-27H2,1-7H3,(H,44,45,48,49)/t37-,38+,39-,41-,57?/m1/s1. The predicted octanol–water partition coefficient (Wildman–Crippen LogP) is 6.56. The lowest BCUT2D eigenvalue weighted by molar-refractivity contribution is -0.203. The Bertz CT molecular complexity index is 2000. The highest BCUT2D eigenvalue weighted by Crippen LogP contribution is 2.56. The summed E-state index contributed by atoms with van der Waals surface area (Å²) in [6, 6.07) is 29.1. The van der Waals surface area contributed by atoms with Gasteiger partial charge in [-0.2, -0.15) is 10.2 Å². The molecule has 0 aliphatic carbocycles. The number of nitriles is 1. The largest absolute Gasteiger partial charge is 0.497 e. The molecule has 0 radical (unpaired) electrons. The van der Waals surface area contributed by atoms with Gasteiger partial charge < -0.3 is 38.0 Å². The summed E-state index contributed by atoms with van der Waals surface area (Å²) in [5.74, 6) is 1.13. The first-order valence-corrected chi connectivity index (χ1v) is 20.0. The Kier molecular flexibility index (Phi) is 13.4. The van der Waals surface area contributed by atoms with Crippen LogP contribution in [0.1, 0.15) is 64.0 Å². The average Bonchev–Trinajstić information content (AvgIpc) is 3.69. The van der Waals surface area contributed by atoms with Gasteiger partial charge >= 0.3 is 5.69 Å². The number of carbonyl (C=O) groups excluding carboxylic acids is 1. The van der Waals surface area contributed by atoms with Crippen LogP contribution in [0, 0.1) is 11.3 Å². The highest BCUT2D eigenvalue weighted by Gasteiger charge is 2.65. The minimum atomic E-state index is -1.77. The molecule has 57 heavy (non-hydrogen) atoms. The normalized spacial score (nSPS) is 20.8. The first-order valence-electron chi connectivity index (χ1n) is 18.9. The summed E-state index contributed by atoms with van der Waals surface area (Å²) >= 11 is 0. The molecule has 2 aliphatic rings. The number of carbonyl (C=O) groups is 1. The van der Waals surface area contributed by atoms with Crippen molar-refractivity contribution in [3.05, 3.63) is 118 Å². The van der Waals surface area contributed by atoms with Crippen molar-refractivity contribution in [1.29, 1.82) is 5.26 Å². The van der Waals surface area contributed by atoms with Gasteiger partial charge in [0.2, 0.25) is 5.91 Å². The van der Waals surface area contributed by atoms with Crippen LogP contribution in [0.5, 0.6) is 11.5 Å². The van der Waals surface area contributed by atoms with Crippen molar-refractivity contribution in [2.24, 2.45) is 0 Å². The average molecular weight is 800 g/mol. The molecule has 302 valence electrons. The molecule has 2 aliphatic heterocycles. The summed E-state index contributed by atoms with van der Waals surface area (Å²) in [7, 11) is 1.47. The van der Waals surface area contributed by atoms with Gasteiger partial charge in [0.1, 0.15) is 40.7 Å². The fourth-order valence-electron chi connectivity index (χ4n) is 7.43. The van der Waals surface area contributed by atoms with Crippen LogP contribution in [0.25, 0.3) is 0 Å². The number of hydrogen-bond donors (Lipinski definition) is 1. The van der Waals surface area contributed by atoms with Crippen LogP contribution in [-0.4, -0.2) is 84.1 Å². The van der Waals surface area contributed by atoms with Crippen molar-refractivity contribution in [1.82, 2.24) is 14.2 Å². The fourth-order valence-corrected chi connectivity index (χ4v) is 9.24. The number of ether oxygens (including phenoxy) is 5. The smallest absolute Gasteiger partial charge is 0.351 e. The Morgan fingerprint density at radius 1 is 0.982 bits per heavy atom. The van der Waals surface area contributed by atoms with E-state index in [0.717, 1.165) is 16.7 Å². The maximum absolute atomic E-state index is 13.6. The Morgan fingerprint density at radius 3 is 2.11 bits per heavy atom. The zero-order valence-electron chi connectivity index (χ0n) is 33.3. The summed E-state index contributed by atoms with van der Waals surface area (Å²) < 4.78 is 48.8. The molecule has 0 spiro atoms. The molecule has 2 bridgehead atoms. The van der Waals surface area contributed by atoms with Gasteiger partial charge in [-0.25, -0.2) is 9.46 Å². The molecule has 2 saturated heterocycles. The summed E-state index contributed by atoms with van der Waals surface area (Å²) in [6.45, 7) is 9.75. The van der Waals surface area contributed by atoms with E-state index < -0.39 is 43.9 Å². The number of benzene rings is 3. The number of nitrogens with one attached hydrogen (secondary N) is 1. The zero-order chi connectivity index (χ0) is 40.7. The summed E-state index contributed by atoms with van der Waals surface area (Å²) in [5.41, 5.74) is -0.636. The SMILES string of the molecule is COc1ccc(C(OC[C@@]23CO[C@@H]([C@H](n4ccc(NC(C)=O)nc4=O)O2)[C@@H]3OP(OCCC#N)N(C(C)C)C(C)C)(c2ccccc2)c2ccc(OC)cc2)cc1. The second-order valence-corrected chi connectivity index (χ2v) is 15.8. The Balaban J connectivity index is 1.48. The minimum Gasteiger partial charge on any atom is -0.497 e. The van der Waals surface area contributed by atoms with Crippen molar-refractivity contribution in [2.45, 2.75) is 82.8 Å². The number of nitrogens with zero attached hydrogens (tertiary/aromatic N) is 4. The lowest BCUT2D eigenvalue weighted by Crippen LogP contribution is -2.49. The van der Waals surface area contributed by atoms with E-state index in [1.54, 1.807) is 14.2 Å². The molecule has 14 nitrogen and oxygen atoms in total. The van der Waals surface area contributed by atoms with Crippen LogP contribution in [0.4, 0.5) is 5.82 Å². The van der Waals surface area contributed by atoms with Gasteiger partial charge in [0.25, 0.3) is 8.53 Å². The molecule has 6 rings (SSSR count).